The number of hydrazine groups is 1. The first kappa shape index (κ1) is 11.0. The zero-order valence-corrected chi connectivity index (χ0v) is 7.54. The summed E-state index contributed by atoms with van der Waals surface area (Å²) in [5.41, 5.74) is 1.92. The molecule has 0 spiro atoms. The van der Waals surface area contributed by atoms with Crippen LogP contribution in [0.4, 0.5) is 11.4 Å². The van der Waals surface area contributed by atoms with Crippen molar-refractivity contribution in [2.75, 3.05) is 0 Å². The van der Waals surface area contributed by atoms with E-state index in [-0.39, 0.29) is 17.9 Å². The van der Waals surface area contributed by atoms with Gasteiger partial charge < -0.3 is 0 Å². The maximum absolute atomic E-state index is 10.6. The van der Waals surface area contributed by atoms with Crippen molar-refractivity contribution in [3.63, 3.8) is 0 Å². The Morgan fingerprint density at radius 3 is 2.40 bits per heavy atom. The molecule has 0 aliphatic carbocycles. The number of benzene rings is 1. The molecule has 0 heterocycles. The molecule has 0 unspecified atom stereocenters. The van der Waals surface area contributed by atoms with E-state index >= 15 is 0 Å². The number of hydrogen-bond acceptors (Lipinski definition) is 6. The normalized spacial score (nSPS) is 9.93. The van der Waals surface area contributed by atoms with Gasteiger partial charge in [-0.1, -0.05) is 0 Å². The van der Waals surface area contributed by atoms with Gasteiger partial charge in [0.1, 0.15) is 0 Å². The van der Waals surface area contributed by atoms with Crippen LogP contribution in [0.15, 0.2) is 18.2 Å². The highest BCUT2D eigenvalue weighted by atomic mass is 16.6. The molecule has 0 saturated carbocycles. The lowest BCUT2D eigenvalue weighted by atomic mass is 10.1. The van der Waals surface area contributed by atoms with Gasteiger partial charge >= 0.3 is 0 Å². The van der Waals surface area contributed by atoms with E-state index < -0.39 is 9.85 Å². The lowest BCUT2D eigenvalue weighted by molar-refractivity contribution is -0.394. The molecule has 0 radical (unpaired) electrons. The van der Waals surface area contributed by atoms with Crippen LogP contribution >= 0.6 is 0 Å². The second kappa shape index (κ2) is 4.44. The summed E-state index contributed by atoms with van der Waals surface area (Å²) in [5.74, 6) is 5.02. The number of nitro groups is 2. The molecule has 1 aromatic rings. The fourth-order valence-electron chi connectivity index (χ4n) is 1.10. The number of nitrogens with two attached hydrogens (primary N) is 1. The molecular weight excluding hydrogens is 204 g/mol. The molecule has 1 aromatic carbocycles. The molecule has 0 aliphatic rings. The molecular formula is C7H8N4O4. The minimum absolute atomic E-state index is 0.0777. The zero-order valence-electron chi connectivity index (χ0n) is 7.54. The van der Waals surface area contributed by atoms with Crippen molar-refractivity contribution in [2.45, 2.75) is 6.54 Å². The number of non-ortho nitro benzene ring substituents is 1. The van der Waals surface area contributed by atoms with Gasteiger partial charge in [-0.2, -0.15) is 0 Å². The second-order valence-electron chi connectivity index (χ2n) is 2.71. The SMILES string of the molecule is NNCc1ccc([N+](=O)[O-])cc1[N+](=O)[O-]. The fraction of sp³-hybridized carbons (Fsp3) is 0.143. The van der Waals surface area contributed by atoms with E-state index in [1.807, 2.05) is 0 Å². The van der Waals surface area contributed by atoms with Gasteiger partial charge in [0.05, 0.1) is 15.9 Å². The summed E-state index contributed by atoms with van der Waals surface area (Å²) in [5, 5.41) is 21.0. The molecule has 0 bridgehead atoms. The summed E-state index contributed by atoms with van der Waals surface area (Å²) in [6.45, 7) is 0.0777. The minimum Gasteiger partial charge on any atom is -0.271 e. The van der Waals surface area contributed by atoms with E-state index in [2.05, 4.69) is 5.43 Å². The van der Waals surface area contributed by atoms with Crippen LogP contribution in [0.2, 0.25) is 0 Å². The Balaban J connectivity index is 3.20. The van der Waals surface area contributed by atoms with E-state index in [1.54, 1.807) is 0 Å². The number of rotatable bonds is 4. The van der Waals surface area contributed by atoms with Crippen molar-refractivity contribution < 1.29 is 9.85 Å². The van der Waals surface area contributed by atoms with Crippen LogP contribution in [0.25, 0.3) is 0 Å². The summed E-state index contributed by atoms with van der Waals surface area (Å²) in [6.07, 6.45) is 0. The van der Waals surface area contributed by atoms with E-state index in [9.17, 15) is 20.2 Å². The van der Waals surface area contributed by atoms with Crippen LogP contribution < -0.4 is 11.3 Å². The van der Waals surface area contributed by atoms with Gasteiger partial charge in [-0.15, -0.1) is 0 Å². The smallest absolute Gasteiger partial charge is 0.271 e. The lowest BCUT2D eigenvalue weighted by Gasteiger charge is -2.01. The van der Waals surface area contributed by atoms with Gasteiger partial charge in [0, 0.05) is 18.2 Å². The quantitative estimate of drug-likeness (QED) is 0.424. The molecule has 15 heavy (non-hydrogen) atoms. The maximum atomic E-state index is 10.6. The highest BCUT2D eigenvalue weighted by Gasteiger charge is 2.18. The van der Waals surface area contributed by atoms with E-state index in [0.29, 0.717) is 5.56 Å². The summed E-state index contributed by atoms with van der Waals surface area (Å²) in [4.78, 5) is 19.6. The Morgan fingerprint density at radius 2 is 1.93 bits per heavy atom. The number of hydrogen-bond donors (Lipinski definition) is 2. The third kappa shape index (κ3) is 2.45. The van der Waals surface area contributed by atoms with Crippen LogP contribution in [-0.2, 0) is 6.54 Å². The summed E-state index contributed by atoms with van der Waals surface area (Å²) in [6, 6.07) is 3.41. The predicted molar refractivity (Wildman–Crippen MR) is 50.8 cm³/mol. The summed E-state index contributed by atoms with van der Waals surface area (Å²) >= 11 is 0. The summed E-state index contributed by atoms with van der Waals surface area (Å²) in [7, 11) is 0. The largest absolute Gasteiger partial charge is 0.280 e. The first-order valence-corrected chi connectivity index (χ1v) is 3.91. The van der Waals surface area contributed by atoms with Crippen LogP contribution in [0.1, 0.15) is 5.56 Å². The predicted octanol–water partition coefficient (Wildman–Crippen LogP) is 0.466. The van der Waals surface area contributed by atoms with Crippen molar-refractivity contribution in [1.29, 1.82) is 0 Å². The van der Waals surface area contributed by atoms with Crippen molar-refractivity contribution in [3.8, 4) is 0 Å². The highest BCUT2D eigenvalue weighted by Crippen LogP contribution is 2.24. The molecule has 0 aromatic heterocycles. The third-order valence-electron chi connectivity index (χ3n) is 1.77. The van der Waals surface area contributed by atoms with Crippen molar-refractivity contribution in [1.82, 2.24) is 5.43 Å². The molecule has 0 saturated heterocycles. The fourth-order valence-corrected chi connectivity index (χ4v) is 1.10. The van der Waals surface area contributed by atoms with Crippen LogP contribution in [0.3, 0.4) is 0 Å². The molecule has 8 nitrogen and oxygen atoms in total. The molecule has 0 amide bonds. The highest BCUT2D eigenvalue weighted by molar-refractivity contribution is 5.48. The molecule has 3 N–H and O–H groups in total. The van der Waals surface area contributed by atoms with Gasteiger partial charge in [-0.05, 0) is 6.07 Å². The zero-order chi connectivity index (χ0) is 11.4. The number of nitrogens with zero attached hydrogens (tertiary/aromatic N) is 2. The van der Waals surface area contributed by atoms with E-state index in [4.69, 9.17) is 5.84 Å². The first-order valence-electron chi connectivity index (χ1n) is 3.91. The van der Waals surface area contributed by atoms with Gasteiger partial charge in [-0.25, -0.2) is 0 Å². The van der Waals surface area contributed by atoms with Crippen LogP contribution in [0.5, 0.6) is 0 Å². The lowest BCUT2D eigenvalue weighted by Crippen LogP contribution is -2.21. The Kier molecular flexibility index (Phi) is 3.26. The first-order chi connectivity index (χ1) is 7.06. The molecule has 0 aliphatic heterocycles. The Bertz CT molecular complexity index is 406. The average molecular weight is 212 g/mol. The van der Waals surface area contributed by atoms with Crippen LogP contribution in [-0.4, -0.2) is 9.85 Å². The minimum atomic E-state index is -0.688. The number of nitro benzene ring substituents is 2. The van der Waals surface area contributed by atoms with E-state index in [0.717, 1.165) is 6.07 Å². The van der Waals surface area contributed by atoms with Crippen molar-refractivity contribution in [2.24, 2.45) is 5.84 Å². The summed E-state index contributed by atoms with van der Waals surface area (Å²) < 4.78 is 0. The second-order valence-corrected chi connectivity index (χ2v) is 2.71. The van der Waals surface area contributed by atoms with Crippen molar-refractivity contribution in [3.05, 3.63) is 44.0 Å². The Morgan fingerprint density at radius 1 is 1.27 bits per heavy atom. The molecule has 0 fully saturated rings. The molecule has 0 atom stereocenters. The van der Waals surface area contributed by atoms with Gasteiger partial charge in [0.15, 0.2) is 0 Å². The molecule has 8 heteroatoms. The number of nitrogens with one attached hydrogen (secondary N) is 1. The Labute approximate surface area is 84.0 Å². The van der Waals surface area contributed by atoms with Crippen molar-refractivity contribution >= 4 is 11.4 Å². The maximum Gasteiger partial charge on any atom is 0.280 e. The van der Waals surface area contributed by atoms with Gasteiger partial charge in [-0.3, -0.25) is 31.5 Å². The molecule has 80 valence electrons. The Hall–Kier alpha value is -2.06. The average Bonchev–Trinajstić information content (AvgIpc) is 2.18. The molecule has 1 rings (SSSR count). The van der Waals surface area contributed by atoms with E-state index in [1.165, 1.54) is 12.1 Å². The van der Waals surface area contributed by atoms with Gasteiger partial charge in [0.2, 0.25) is 0 Å². The van der Waals surface area contributed by atoms with Crippen LogP contribution in [0, 0.1) is 20.2 Å². The monoisotopic (exact) mass is 212 g/mol. The van der Waals surface area contributed by atoms with Gasteiger partial charge in [0.25, 0.3) is 11.4 Å². The standard InChI is InChI=1S/C7H8N4O4/c8-9-4-5-1-2-6(10(12)13)3-7(5)11(14)15/h1-3,9H,4,8H2. The third-order valence-corrected chi connectivity index (χ3v) is 1.77. The topological polar surface area (TPSA) is 124 Å².